The highest BCUT2D eigenvalue weighted by atomic mass is 32.1. The van der Waals surface area contributed by atoms with Gasteiger partial charge in [-0.25, -0.2) is 9.78 Å². The zero-order valence-corrected chi connectivity index (χ0v) is 13.9. The van der Waals surface area contributed by atoms with E-state index in [9.17, 15) is 9.59 Å². The van der Waals surface area contributed by atoms with Gasteiger partial charge in [-0.3, -0.25) is 9.36 Å². The van der Waals surface area contributed by atoms with E-state index >= 15 is 0 Å². The van der Waals surface area contributed by atoms with Gasteiger partial charge in [0, 0.05) is 4.88 Å². The van der Waals surface area contributed by atoms with Gasteiger partial charge in [0.2, 0.25) is 0 Å². The summed E-state index contributed by atoms with van der Waals surface area (Å²) in [6.07, 6.45) is 5.51. The molecule has 3 rings (SSSR count). The van der Waals surface area contributed by atoms with Gasteiger partial charge >= 0.3 is 5.97 Å². The largest absolute Gasteiger partial charge is 0.461 e. The van der Waals surface area contributed by atoms with Crippen molar-refractivity contribution in [1.29, 1.82) is 0 Å². The van der Waals surface area contributed by atoms with Crippen molar-refractivity contribution in [3.05, 3.63) is 27.1 Å². The summed E-state index contributed by atoms with van der Waals surface area (Å²) in [6.45, 7) is 5.27. The second kappa shape index (κ2) is 5.83. The molecule has 118 valence electrons. The van der Waals surface area contributed by atoms with E-state index in [1.165, 1.54) is 22.2 Å². The molecule has 1 aliphatic rings. The summed E-state index contributed by atoms with van der Waals surface area (Å²) in [5.41, 5.74) is 1.01. The Bertz CT molecular complexity index is 776. The van der Waals surface area contributed by atoms with Crippen molar-refractivity contribution in [3.8, 4) is 0 Å². The van der Waals surface area contributed by atoms with Gasteiger partial charge in [0.05, 0.1) is 17.8 Å². The van der Waals surface area contributed by atoms with Crippen LogP contribution in [0.4, 0.5) is 0 Å². The van der Waals surface area contributed by atoms with Gasteiger partial charge in [-0.05, 0) is 52.0 Å². The quantitative estimate of drug-likeness (QED) is 0.816. The molecule has 0 spiro atoms. The van der Waals surface area contributed by atoms with Crippen LogP contribution >= 0.6 is 11.3 Å². The number of ether oxygens (including phenoxy) is 1. The summed E-state index contributed by atoms with van der Waals surface area (Å²) in [5.74, 6) is -0.401. The van der Waals surface area contributed by atoms with Gasteiger partial charge < -0.3 is 4.74 Å². The molecule has 2 aromatic rings. The first-order valence-electron chi connectivity index (χ1n) is 7.71. The van der Waals surface area contributed by atoms with E-state index in [2.05, 4.69) is 4.98 Å². The molecule has 5 nitrogen and oxygen atoms in total. The highest BCUT2D eigenvalue weighted by Gasteiger charge is 2.24. The standard InChI is InChI=1S/C16H20N2O3S/c1-9(2)21-16(20)10(3)18-8-17-14-13(15(18)19)11-6-4-5-7-12(11)22-14/h8-10H,4-7H2,1-3H3/t10-/m1/s1. The van der Waals surface area contributed by atoms with Crippen molar-refractivity contribution < 1.29 is 9.53 Å². The van der Waals surface area contributed by atoms with Gasteiger partial charge in [0.15, 0.2) is 0 Å². The lowest BCUT2D eigenvalue weighted by Gasteiger charge is -2.16. The number of nitrogens with zero attached hydrogens (tertiary/aromatic N) is 2. The van der Waals surface area contributed by atoms with E-state index in [-0.39, 0.29) is 11.7 Å². The first kappa shape index (κ1) is 15.2. The number of thiophene rings is 1. The Balaban J connectivity index is 2.06. The summed E-state index contributed by atoms with van der Waals surface area (Å²) in [4.78, 5) is 31.3. The summed E-state index contributed by atoms with van der Waals surface area (Å²) in [7, 11) is 0. The molecule has 0 saturated heterocycles. The van der Waals surface area contributed by atoms with E-state index in [0.717, 1.165) is 29.7 Å². The molecule has 0 unspecified atom stereocenters. The molecular weight excluding hydrogens is 300 g/mol. The van der Waals surface area contributed by atoms with Crippen LogP contribution < -0.4 is 5.56 Å². The maximum Gasteiger partial charge on any atom is 0.329 e. The van der Waals surface area contributed by atoms with Crippen LogP contribution in [0.5, 0.6) is 0 Å². The summed E-state index contributed by atoms with van der Waals surface area (Å²) < 4.78 is 6.60. The molecule has 1 aliphatic carbocycles. The molecule has 22 heavy (non-hydrogen) atoms. The minimum atomic E-state index is -0.661. The Kier molecular flexibility index (Phi) is 4.04. The molecule has 1 atom stereocenters. The van der Waals surface area contributed by atoms with Crippen molar-refractivity contribution in [2.45, 2.75) is 58.6 Å². The van der Waals surface area contributed by atoms with E-state index in [0.29, 0.717) is 5.39 Å². The van der Waals surface area contributed by atoms with Crippen molar-refractivity contribution >= 4 is 27.5 Å². The fraction of sp³-hybridized carbons (Fsp3) is 0.562. The van der Waals surface area contributed by atoms with Crippen LogP contribution in [0.1, 0.15) is 50.1 Å². The topological polar surface area (TPSA) is 61.2 Å². The molecule has 0 bridgehead atoms. The van der Waals surface area contributed by atoms with Crippen LogP contribution in [0.25, 0.3) is 10.2 Å². The Morgan fingerprint density at radius 2 is 2.05 bits per heavy atom. The Labute approximate surface area is 132 Å². The minimum absolute atomic E-state index is 0.127. The van der Waals surface area contributed by atoms with Crippen LogP contribution in [-0.4, -0.2) is 21.6 Å². The van der Waals surface area contributed by atoms with Crippen molar-refractivity contribution in [2.24, 2.45) is 0 Å². The van der Waals surface area contributed by atoms with Gasteiger partial charge in [0.25, 0.3) is 5.56 Å². The first-order chi connectivity index (χ1) is 10.5. The molecule has 0 fully saturated rings. The van der Waals surface area contributed by atoms with Crippen molar-refractivity contribution in [1.82, 2.24) is 9.55 Å². The second-order valence-electron chi connectivity index (χ2n) is 6.01. The van der Waals surface area contributed by atoms with Crippen LogP contribution in [0, 0.1) is 0 Å². The van der Waals surface area contributed by atoms with E-state index in [1.54, 1.807) is 32.1 Å². The number of carbonyl (C=O) groups is 1. The number of hydrogen-bond donors (Lipinski definition) is 0. The first-order valence-corrected chi connectivity index (χ1v) is 8.52. The lowest BCUT2D eigenvalue weighted by Crippen LogP contribution is -2.30. The molecule has 0 N–H and O–H groups in total. The lowest BCUT2D eigenvalue weighted by atomic mass is 9.97. The summed E-state index contributed by atoms with van der Waals surface area (Å²) in [5, 5.41) is 0.700. The average Bonchev–Trinajstić information content (AvgIpc) is 2.85. The molecule has 2 heterocycles. The number of fused-ring (bicyclic) bond motifs is 3. The fourth-order valence-electron chi connectivity index (χ4n) is 2.88. The maximum absolute atomic E-state index is 12.8. The Morgan fingerprint density at radius 1 is 1.32 bits per heavy atom. The number of aryl methyl sites for hydroxylation is 2. The monoisotopic (exact) mass is 320 g/mol. The van der Waals surface area contributed by atoms with Gasteiger partial charge in [0.1, 0.15) is 10.9 Å². The molecule has 0 saturated carbocycles. The van der Waals surface area contributed by atoms with Crippen LogP contribution in [0.15, 0.2) is 11.1 Å². The number of aromatic nitrogens is 2. The fourth-order valence-corrected chi connectivity index (χ4v) is 4.10. The van der Waals surface area contributed by atoms with Crippen molar-refractivity contribution in [3.63, 3.8) is 0 Å². The summed E-state index contributed by atoms with van der Waals surface area (Å²) >= 11 is 1.61. The lowest BCUT2D eigenvalue weighted by molar-refractivity contribution is -0.151. The zero-order valence-electron chi connectivity index (χ0n) is 13.1. The molecule has 6 heteroatoms. The van der Waals surface area contributed by atoms with E-state index in [1.807, 2.05) is 0 Å². The molecule has 0 aromatic carbocycles. The second-order valence-corrected chi connectivity index (χ2v) is 7.09. The van der Waals surface area contributed by atoms with Crippen LogP contribution in [0.2, 0.25) is 0 Å². The van der Waals surface area contributed by atoms with Gasteiger partial charge in [-0.2, -0.15) is 0 Å². The third-order valence-corrected chi connectivity index (χ3v) is 5.21. The Morgan fingerprint density at radius 3 is 2.77 bits per heavy atom. The zero-order chi connectivity index (χ0) is 15.9. The molecular formula is C16H20N2O3S. The highest BCUT2D eigenvalue weighted by molar-refractivity contribution is 7.18. The summed E-state index contributed by atoms with van der Waals surface area (Å²) in [6, 6.07) is -0.661. The van der Waals surface area contributed by atoms with Gasteiger partial charge in [-0.15, -0.1) is 11.3 Å². The Hall–Kier alpha value is -1.69. The van der Waals surface area contributed by atoms with Crippen LogP contribution in [0.3, 0.4) is 0 Å². The third kappa shape index (κ3) is 2.56. The maximum atomic E-state index is 12.8. The molecule has 0 amide bonds. The SMILES string of the molecule is CC(C)OC(=O)[C@@H](C)n1cnc2sc3c(c2c1=O)CCCC3. The minimum Gasteiger partial charge on any atom is -0.461 e. The van der Waals surface area contributed by atoms with Crippen molar-refractivity contribution in [2.75, 3.05) is 0 Å². The number of esters is 1. The predicted octanol–water partition coefficient (Wildman–Crippen LogP) is 2.85. The average molecular weight is 320 g/mol. The van der Waals surface area contributed by atoms with E-state index < -0.39 is 12.0 Å². The van der Waals surface area contributed by atoms with E-state index in [4.69, 9.17) is 4.74 Å². The molecule has 0 radical (unpaired) electrons. The number of rotatable bonds is 3. The predicted molar refractivity (Wildman–Crippen MR) is 86.5 cm³/mol. The highest BCUT2D eigenvalue weighted by Crippen LogP contribution is 2.33. The van der Waals surface area contributed by atoms with Crippen LogP contribution in [-0.2, 0) is 22.4 Å². The molecule has 0 aliphatic heterocycles. The van der Waals surface area contributed by atoms with Gasteiger partial charge in [-0.1, -0.05) is 0 Å². The number of carbonyl (C=O) groups excluding carboxylic acids is 1. The normalized spacial score (nSPS) is 15.8. The smallest absolute Gasteiger partial charge is 0.329 e. The third-order valence-electron chi connectivity index (χ3n) is 4.01. The molecule has 2 aromatic heterocycles. The number of hydrogen-bond acceptors (Lipinski definition) is 5.